The van der Waals surface area contributed by atoms with Crippen LogP contribution < -0.4 is 5.73 Å². The number of rotatable bonds is 0. The number of hydrogen-bond acceptors (Lipinski definition) is 3. The first-order chi connectivity index (χ1) is 5.75. The number of aromatic nitrogens is 1. The van der Waals surface area contributed by atoms with Gasteiger partial charge in [0.1, 0.15) is 0 Å². The Morgan fingerprint density at radius 1 is 1.17 bits per heavy atom. The fourth-order valence-electron chi connectivity index (χ4n) is 1.12. The minimum absolute atomic E-state index is 0.0214. The van der Waals surface area contributed by atoms with Gasteiger partial charge >= 0.3 is 0 Å². The van der Waals surface area contributed by atoms with Crippen molar-refractivity contribution < 1.29 is 5.11 Å². The first-order valence-electron chi connectivity index (χ1n) is 3.61. The average molecular weight is 160 g/mol. The molecule has 1 aromatic heterocycles. The van der Waals surface area contributed by atoms with Crippen molar-refractivity contribution >= 4 is 16.6 Å². The molecule has 0 aliphatic carbocycles. The molecule has 60 valence electrons. The van der Waals surface area contributed by atoms with E-state index < -0.39 is 0 Å². The summed E-state index contributed by atoms with van der Waals surface area (Å²) in [5.74, 6) is 0.0214. The van der Waals surface area contributed by atoms with Crippen molar-refractivity contribution in [3.63, 3.8) is 0 Å². The average Bonchev–Trinajstić information content (AvgIpc) is 2.03. The number of nitrogens with zero attached hydrogens (tertiary/aromatic N) is 1. The van der Waals surface area contributed by atoms with Crippen molar-refractivity contribution in [1.29, 1.82) is 0 Å². The lowest BCUT2D eigenvalue weighted by Crippen LogP contribution is -1.85. The molecule has 2 aromatic rings. The van der Waals surface area contributed by atoms with Crippen LogP contribution in [0.5, 0.6) is 5.88 Å². The van der Waals surface area contributed by atoms with Crippen molar-refractivity contribution in [2.75, 3.05) is 5.73 Å². The summed E-state index contributed by atoms with van der Waals surface area (Å²) in [5.41, 5.74) is 6.92. The van der Waals surface area contributed by atoms with Crippen LogP contribution in [0.4, 0.5) is 5.69 Å². The van der Waals surface area contributed by atoms with Gasteiger partial charge in [0.05, 0.1) is 5.52 Å². The van der Waals surface area contributed by atoms with E-state index in [0.717, 1.165) is 10.9 Å². The third kappa shape index (κ3) is 1.05. The van der Waals surface area contributed by atoms with Crippen LogP contribution in [-0.2, 0) is 0 Å². The second-order valence-electron chi connectivity index (χ2n) is 2.62. The lowest BCUT2D eigenvalue weighted by molar-refractivity contribution is 0.456. The van der Waals surface area contributed by atoms with Gasteiger partial charge in [0.2, 0.25) is 5.88 Å². The number of aromatic hydroxyl groups is 1. The molecule has 12 heavy (non-hydrogen) atoms. The number of nitrogen functional groups attached to an aromatic ring is 1. The molecule has 0 fully saturated rings. The predicted molar refractivity (Wildman–Crippen MR) is 47.8 cm³/mol. The first kappa shape index (κ1) is 6.91. The molecular weight excluding hydrogens is 152 g/mol. The van der Waals surface area contributed by atoms with Gasteiger partial charge in [0, 0.05) is 17.1 Å². The molecule has 0 saturated heterocycles. The van der Waals surface area contributed by atoms with Crippen LogP contribution in [0.1, 0.15) is 0 Å². The third-order valence-corrected chi connectivity index (χ3v) is 1.70. The van der Waals surface area contributed by atoms with E-state index in [9.17, 15) is 0 Å². The highest BCUT2D eigenvalue weighted by atomic mass is 16.3. The molecule has 0 radical (unpaired) electrons. The maximum atomic E-state index is 9.07. The molecule has 0 atom stereocenters. The molecule has 3 heteroatoms. The zero-order chi connectivity index (χ0) is 8.55. The standard InChI is InChI=1S/C9H8N2O/c10-7-3-1-6-2-4-9(12)11-8(6)5-7/h1-5H,10H2,(H,11,12). The largest absolute Gasteiger partial charge is 0.493 e. The molecule has 1 heterocycles. The first-order valence-corrected chi connectivity index (χ1v) is 3.61. The van der Waals surface area contributed by atoms with Crippen molar-refractivity contribution in [3.8, 4) is 5.88 Å². The van der Waals surface area contributed by atoms with Gasteiger partial charge in [0.15, 0.2) is 0 Å². The van der Waals surface area contributed by atoms with Gasteiger partial charge in [-0.05, 0) is 18.2 Å². The summed E-state index contributed by atoms with van der Waals surface area (Å²) in [5, 5.41) is 10.0. The fourth-order valence-corrected chi connectivity index (χ4v) is 1.12. The number of anilines is 1. The van der Waals surface area contributed by atoms with Gasteiger partial charge < -0.3 is 10.8 Å². The van der Waals surface area contributed by atoms with E-state index in [2.05, 4.69) is 4.98 Å². The second-order valence-corrected chi connectivity index (χ2v) is 2.62. The van der Waals surface area contributed by atoms with Gasteiger partial charge in [-0.25, -0.2) is 4.98 Å². The second kappa shape index (κ2) is 2.37. The predicted octanol–water partition coefficient (Wildman–Crippen LogP) is 1.52. The van der Waals surface area contributed by atoms with Crippen LogP contribution in [-0.4, -0.2) is 10.1 Å². The number of pyridine rings is 1. The van der Waals surface area contributed by atoms with Crippen LogP contribution in [0, 0.1) is 0 Å². The Kier molecular flexibility index (Phi) is 1.37. The zero-order valence-electron chi connectivity index (χ0n) is 6.36. The number of nitrogens with two attached hydrogens (primary N) is 1. The third-order valence-electron chi connectivity index (χ3n) is 1.70. The molecule has 0 saturated carbocycles. The van der Waals surface area contributed by atoms with E-state index >= 15 is 0 Å². The Morgan fingerprint density at radius 3 is 2.75 bits per heavy atom. The summed E-state index contributed by atoms with van der Waals surface area (Å²) in [4.78, 5) is 3.91. The maximum absolute atomic E-state index is 9.07. The lowest BCUT2D eigenvalue weighted by atomic mass is 10.2. The van der Waals surface area contributed by atoms with Crippen molar-refractivity contribution in [2.24, 2.45) is 0 Å². The molecule has 0 unspecified atom stereocenters. The lowest BCUT2D eigenvalue weighted by Gasteiger charge is -1.98. The normalized spacial score (nSPS) is 10.3. The fraction of sp³-hybridized carbons (Fsp3) is 0. The highest BCUT2D eigenvalue weighted by molar-refractivity contribution is 5.82. The molecule has 0 amide bonds. The highest BCUT2D eigenvalue weighted by Gasteiger charge is 1.95. The molecule has 3 nitrogen and oxygen atoms in total. The zero-order valence-corrected chi connectivity index (χ0v) is 6.36. The minimum Gasteiger partial charge on any atom is -0.493 e. The van der Waals surface area contributed by atoms with E-state index in [1.807, 2.05) is 6.07 Å². The van der Waals surface area contributed by atoms with Crippen LogP contribution in [0.2, 0.25) is 0 Å². The Hall–Kier alpha value is -1.77. The van der Waals surface area contributed by atoms with Crippen molar-refractivity contribution in [2.45, 2.75) is 0 Å². The molecule has 0 spiro atoms. The van der Waals surface area contributed by atoms with Crippen molar-refractivity contribution in [1.82, 2.24) is 4.98 Å². The summed E-state index contributed by atoms with van der Waals surface area (Å²) in [6.07, 6.45) is 0. The van der Waals surface area contributed by atoms with Gasteiger partial charge in [-0.15, -0.1) is 0 Å². The molecule has 0 bridgehead atoms. The van der Waals surface area contributed by atoms with Crippen LogP contribution in [0.15, 0.2) is 30.3 Å². The summed E-state index contributed by atoms with van der Waals surface area (Å²) in [7, 11) is 0. The Bertz CT molecular complexity index is 389. The quantitative estimate of drug-likeness (QED) is 0.574. The monoisotopic (exact) mass is 160 g/mol. The molecule has 3 N–H and O–H groups in total. The van der Waals surface area contributed by atoms with E-state index in [0.29, 0.717) is 5.69 Å². The molecule has 0 aliphatic rings. The highest BCUT2D eigenvalue weighted by Crippen LogP contribution is 2.17. The minimum atomic E-state index is 0.0214. The Balaban J connectivity index is 2.80. The van der Waals surface area contributed by atoms with E-state index in [4.69, 9.17) is 10.8 Å². The summed E-state index contributed by atoms with van der Waals surface area (Å²) in [6.45, 7) is 0. The SMILES string of the molecule is Nc1ccc2ccc(O)nc2c1. The Labute approximate surface area is 69.5 Å². The summed E-state index contributed by atoms with van der Waals surface area (Å²) < 4.78 is 0. The van der Waals surface area contributed by atoms with E-state index in [1.165, 1.54) is 0 Å². The number of fused-ring (bicyclic) bond motifs is 1. The van der Waals surface area contributed by atoms with Gasteiger partial charge in [0.25, 0.3) is 0 Å². The Morgan fingerprint density at radius 2 is 1.92 bits per heavy atom. The number of benzene rings is 1. The summed E-state index contributed by atoms with van der Waals surface area (Å²) in [6, 6.07) is 8.77. The maximum Gasteiger partial charge on any atom is 0.211 e. The van der Waals surface area contributed by atoms with Crippen LogP contribution in [0.3, 0.4) is 0 Å². The van der Waals surface area contributed by atoms with Gasteiger partial charge in [-0.3, -0.25) is 0 Å². The smallest absolute Gasteiger partial charge is 0.211 e. The van der Waals surface area contributed by atoms with Crippen molar-refractivity contribution in [3.05, 3.63) is 30.3 Å². The molecule has 2 rings (SSSR count). The molecular formula is C9H8N2O. The summed E-state index contributed by atoms with van der Waals surface area (Å²) >= 11 is 0. The van der Waals surface area contributed by atoms with E-state index in [-0.39, 0.29) is 5.88 Å². The number of hydrogen-bond donors (Lipinski definition) is 2. The molecule has 1 aromatic carbocycles. The molecule has 0 aliphatic heterocycles. The van der Waals surface area contributed by atoms with Gasteiger partial charge in [-0.1, -0.05) is 6.07 Å². The van der Waals surface area contributed by atoms with E-state index in [1.54, 1.807) is 24.3 Å². The van der Waals surface area contributed by atoms with Crippen LogP contribution >= 0.6 is 0 Å². The van der Waals surface area contributed by atoms with Crippen LogP contribution in [0.25, 0.3) is 10.9 Å². The van der Waals surface area contributed by atoms with Gasteiger partial charge in [-0.2, -0.15) is 0 Å². The topological polar surface area (TPSA) is 59.1 Å².